The molecular formula is C18H28N2O3S. The van der Waals surface area contributed by atoms with Gasteiger partial charge in [-0.2, -0.15) is 4.31 Å². The second-order valence-electron chi connectivity index (χ2n) is 5.51. The second-order valence-corrected chi connectivity index (χ2v) is 7.45. The maximum absolute atomic E-state index is 12.4. The van der Waals surface area contributed by atoms with Crippen LogP contribution in [0, 0.1) is 0 Å². The zero-order chi connectivity index (χ0) is 18.2. The van der Waals surface area contributed by atoms with Gasteiger partial charge in [-0.05, 0) is 36.6 Å². The van der Waals surface area contributed by atoms with Gasteiger partial charge in [0.2, 0.25) is 15.9 Å². The maximum atomic E-state index is 12.4. The van der Waals surface area contributed by atoms with Crippen LogP contribution in [0.1, 0.15) is 46.1 Å². The first-order valence-electron chi connectivity index (χ1n) is 8.47. The molecule has 0 radical (unpaired) electrons. The van der Waals surface area contributed by atoms with Crippen molar-refractivity contribution in [1.82, 2.24) is 9.62 Å². The van der Waals surface area contributed by atoms with Gasteiger partial charge in [0.25, 0.3) is 0 Å². The predicted octanol–water partition coefficient (Wildman–Crippen LogP) is 3.04. The third-order valence-electron chi connectivity index (χ3n) is 3.98. The van der Waals surface area contributed by atoms with Crippen LogP contribution in [0.25, 0.3) is 6.08 Å². The summed E-state index contributed by atoms with van der Waals surface area (Å²) in [4.78, 5) is 12.1. The Hall–Kier alpha value is -1.66. The molecule has 6 heteroatoms. The van der Waals surface area contributed by atoms with Crippen LogP contribution in [0.4, 0.5) is 0 Å². The first-order chi connectivity index (χ1) is 11.4. The topological polar surface area (TPSA) is 66.5 Å². The van der Waals surface area contributed by atoms with Crippen LogP contribution >= 0.6 is 0 Å². The number of carbonyl (C=O) groups excluding carboxylic acids is 1. The number of hydrogen-bond acceptors (Lipinski definition) is 3. The molecule has 0 atom stereocenters. The van der Waals surface area contributed by atoms with Crippen molar-refractivity contribution in [2.45, 2.75) is 51.5 Å². The molecule has 0 fully saturated rings. The van der Waals surface area contributed by atoms with E-state index in [2.05, 4.69) is 5.32 Å². The van der Waals surface area contributed by atoms with Crippen LogP contribution in [0.3, 0.4) is 0 Å². The highest BCUT2D eigenvalue weighted by Gasteiger charge is 2.20. The van der Waals surface area contributed by atoms with Gasteiger partial charge in [0, 0.05) is 25.2 Å². The number of nitrogens with one attached hydrogen (secondary N) is 1. The third kappa shape index (κ3) is 5.46. The van der Waals surface area contributed by atoms with Crippen molar-refractivity contribution in [2.75, 3.05) is 13.1 Å². The average molecular weight is 353 g/mol. The summed E-state index contributed by atoms with van der Waals surface area (Å²) in [6.45, 7) is 8.58. The fourth-order valence-electron chi connectivity index (χ4n) is 2.38. The van der Waals surface area contributed by atoms with Crippen LogP contribution in [0.15, 0.2) is 35.2 Å². The van der Waals surface area contributed by atoms with Gasteiger partial charge in [-0.1, -0.05) is 39.8 Å². The smallest absolute Gasteiger partial charge is 0.244 e. The minimum absolute atomic E-state index is 0.136. The van der Waals surface area contributed by atoms with E-state index in [0.29, 0.717) is 13.1 Å². The SMILES string of the molecule is CCC(CC)NC(=O)/C=C/c1ccc(S(=O)(=O)N(CC)CC)cc1. The Balaban J connectivity index is 2.81. The van der Waals surface area contributed by atoms with E-state index in [1.807, 2.05) is 27.7 Å². The molecule has 0 aromatic heterocycles. The lowest BCUT2D eigenvalue weighted by molar-refractivity contribution is -0.117. The summed E-state index contributed by atoms with van der Waals surface area (Å²) in [6.07, 6.45) is 4.96. The van der Waals surface area contributed by atoms with Gasteiger partial charge in [-0.15, -0.1) is 0 Å². The van der Waals surface area contributed by atoms with Gasteiger partial charge < -0.3 is 5.32 Å². The molecule has 24 heavy (non-hydrogen) atoms. The van der Waals surface area contributed by atoms with Crippen molar-refractivity contribution in [3.63, 3.8) is 0 Å². The number of nitrogens with zero attached hydrogens (tertiary/aromatic N) is 1. The molecule has 1 aromatic rings. The van der Waals surface area contributed by atoms with Gasteiger partial charge >= 0.3 is 0 Å². The summed E-state index contributed by atoms with van der Waals surface area (Å²) in [6, 6.07) is 6.75. The number of sulfonamides is 1. The third-order valence-corrected chi connectivity index (χ3v) is 6.05. The molecule has 5 nitrogen and oxygen atoms in total. The second kappa shape index (κ2) is 9.59. The normalized spacial score (nSPS) is 12.2. The number of rotatable bonds is 9. The number of carbonyl (C=O) groups is 1. The highest BCUT2D eigenvalue weighted by molar-refractivity contribution is 7.89. The summed E-state index contributed by atoms with van der Waals surface area (Å²) in [5.41, 5.74) is 0.785. The molecule has 0 bridgehead atoms. The Morgan fingerprint density at radius 3 is 2.08 bits per heavy atom. The molecule has 0 unspecified atom stereocenters. The van der Waals surface area contributed by atoms with E-state index in [0.717, 1.165) is 18.4 Å². The van der Waals surface area contributed by atoms with Crippen molar-refractivity contribution >= 4 is 22.0 Å². The minimum atomic E-state index is -3.44. The molecule has 1 rings (SSSR count). The van der Waals surface area contributed by atoms with Gasteiger partial charge in [-0.3, -0.25) is 4.79 Å². The van der Waals surface area contributed by atoms with Crippen LogP contribution < -0.4 is 5.32 Å². The van der Waals surface area contributed by atoms with Crippen LogP contribution in [-0.4, -0.2) is 37.8 Å². The molecule has 134 valence electrons. The lowest BCUT2D eigenvalue weighted by atomic mass is 10.1. The Morgan fingerprint density at radius 2 is 1.62 bits per heavy atom. The van der Waals surface area contributed by atoms with Crippen molar-refractivity contribution in [2.24, 2.45) is 0 Å². The Morgan fingerprint density at radius 1 is 1.08 bits per heavy atom. The maximum Gasteiger partial charge on any atom is 0.244 e. The van der Waals surface area contributed by atoms with Gasteiger partial charge in [0.05, 0.1) is 4.90 Å². The summed E-state index contributed by atoms with van der Waals surface area (Å²) in [5, 5.41) is 2.92. The molecule has 0 saturated heterocycles. The molecule has 0 saturated carbocycles. The van der Waals surface area contributed by atoms with E-state index in [1.165, 1.54) is 10.4 Å². The first-order valence-corrected chi connectivity index (χ1v) is 9.91. The average Bonchev–Trinajstić information content (AvgIpc) is 2.59. The van der Waals surface area contributed by atoms with E-state index in [9.17, 15) is 13.2 Å². The van der Waals surface area contributed by atoms with E-state index in [4.69, 9.17) is 0 Å². The molecular weight excluding hydrogens is 324 g/mol. The zero-order valence-corrected chi connectivity index (χ0v) is 15.8. The van der Waals surface area contributed by atoms with Gasteiger partial charge in [0.1, 0.15) is 0 Å². The molecule has 1 N–H and O–H groups in total. The van der Waals surface area contributed by atoms with E-state index < -0.39 is 10.0 Å². The number of amides is 1. The summed E-state index contributed by atoms with van der Waals surface area (Å²) in [7, 11) is -3.44. The van der Waals surface area contributed by atoms with Gasteiger partial charge in [-0.25, -0.2) is 8.42 Å². The van der Waals surface area contributed by atoms with Crippen LogP contribution in [-0.2, 0) is 14.8 Å². The van der Waals surface area contributed by atoms with E-state index >= 15 is 0 Å². The zero-order valence-electron chi connectivity index (χ0n) is 15.0. The molecule has 0 aliphatic carbocycles. The fraction of sp³-hybridized carbons (Fsp3) is 0.500. The Bertz CT molecular complexity index is 643. The van der Waals surface area contributed by atoms with Crippen molar-refractivity contribution in [3.05, 3.63) is 35.9 Å². The lowest BCUT2D eigenvalue weighted by Crippen LogP contribution is -2.32. The Kier molecular flexibility index (Phi) is 8.15. The van der Waals surface area contributed by atoms with Crippen molar-refractivity contribution in [1.29, 1.82) is 0 Å². The van der Waals surface area contributed by atoms with Crippen molar-refractivity contribution < 1.29 is 13.2 Å². The minimum Gasteiger partial charge on any atom is -0.350 e. The molecule has 0 spiro atoms. The highest BCUT2D eigenvalue weighted by atomic mass is 32.2. The summed E-state index contributed by atoms with van der Waals surface area (Å²) in [5.74, 6) is -0.136. The van der Waals surface area contributed by atoms with Crippen molar-refractivity contribution in [3.8, 4) is 0 Å². The fourth-order valence-corrected chi connectivity index (χ4v) is 3.84. The summed E-state index contributed by atoms with van der Waals surface area (Å²) >= 11 is 0. The standard InChI is InChI=1S/C18H28N2O3S/c1-5-16(6-2)19-18(21)14-11-15-9-12-17(13-10-15)24(22,23)20(7-3)8-4/h9-14,16H,5-8H2,1-4H3,(H,19,21)/b14-11+. The number of hydrogen-bond donors (Lipinski definition) is 1. The predicted molar refractivity (Wildman–Crippen MR) is 98.1 cm³/mol. The number of benzene rings is 1. The largest absolute Gasteiger partial charge is 0.350 e. The van der Waals surface area contributed by atoms with Gasteiger partial charge in [0.15, 0.2) is 0 Å². The molecule has 0 aliphatic rings. The van der Waals surface area contributed by atoms with Crippen LogP contribution in [0.2, 0.25) is 0 Å². The van der Waals surface area contributed by atoms with E-state index in [1.54, 1.807) is 30.3 Å². The van der Waals surface area contributed by atoms with Crippen LogP contribution in [0.5, 0.6) is 0 Å². The quantitative estimate of drug-likeness (QED) is 0.695. The molecule has 0 aliphatic heterocycles. The van der Waals surface area contributed by atoms with E-state index in [-0.39, 0.29) is 16.8 Å². The summed E-state index contributed by atoms with van der Waals surface area (Å²) < 4.78 is 26.2. The molecule has 1 aromatic carbocycles. The lowest BCUT2D eigenvalue weighted by Gasteiger charge is -2.18. The highest BCUT2D eigenvalue weighted by Crippen LogP contribution is 2.16. The molecule has 0 heterocycles. The first kappa shape index (κ1) is 20.4. The Labute approximate surface area is 145 Å². The monoisotopic (exact) mass is 352 g/mol. The molecule has 1 amide bonds.